The number of hydrogen-bond acceptors (Lipinski definition) is 5. The zero-order valence-corrected chi connectivity index (χ0v) is 16.4. The van der Waals surface area contributed by atoms with Crippen LogP contribution in [0.3, 0.4) is 0 Å². The Labute approximate surface area is 163 Å². The molecule has 1 aromatic carbocycles. The van der Waals surface area contributed by atoms with Crippen molar-refractivity contribution in [3.63, 3.8) is 0 Å². The zero-order valence-electron chi connectivity index (χ0n) is 14.7. The summed E-state index contributed by atoms with van der Waals surface area (Å²) in [5, 5.41) is 3.52. The largest absolute Gasteiger partial charge is 0.325 e. The summed E-state index contributed by atoms with van der Waals surface area (Å²) in [6, 6.07) is 4.25. The number of thiophene rings is 1. The Morgan fingerprint density at radius 2 is 2.26 bits per heavy atom. The van der Waals surface area contributed by atoms with Gasteiger partial charge < -0.3 is 10.3 Å². The van der Waals surface area contributed by atoms with Crippen molar-refractivity contribution in [2.45, 2.75) is 31.9 Å². The number of aromatic amines is 1. The van der Waals surface area contributed by atoms with E-state index in [9.17, 15) is 14.0 Å². The Morgan fingerprint density at radius 1 is 1.41 bits per heavy atom. The summed E-state index contributed by atoms with van der Waals surface area (Å²) in [5.74, 6) is 0.754. The highest BCUT2D eigenvalue weighted by Gasteiger charge is 2.21. The monoisotopic (exact) mass is 403 g/mol. The highest BCUT2D eigenvalue weighted by molar-refractivity contribution is 7.99. The molecule has 0 bridgehead atoms. The van der Waals surface area contributed by atoms with Crippen molar-refractivity contribution < 1.29 is 9.18 Å². The molecule has 4 rings (SSSR count). The van der Waals surface area contributed by atoms with Crippen molar-refractivity contribution >= 4 is 44.9 Å². The summed E-state index contributed by atoms with van der Waals surface area (Å²) in [7, 11) is 0. The number of carbonyl (C=O) groups is 1. The molecule has 0 atom stereocenters. The lowest BCUT2D eigenvalue weighted by atomic mass is 10.2. The third kappa shape index (κ3) is 3.77. The molecule has 0 radical (unpaired) electrons. The van der Waals surface area contributed by atoms with Crippen LogP contribution in [-0.2, 0) is 23.4 Å². The Balaban J connectivity index is 1.39. The molecule has 0 saturated carbocycles. The van der Waals surface area contributed by atoms with Crippen LogP contribution in [-0.4, -0.2) is 21.6 Å². The Morgan fingerprint density at radius 3 is 3.07 bits per heavy atom. The maximum atomic E-state index is 13.1. The molecule has 1 amide bonds. The molecule has 0 aliphatic heterocycles. The van der Waals surface area contributed by atoms with Crippen molar-refractivity contribution in [3.8, 4) is 0 Å². The molecule has 1 aliphatic rings. The summed E-state index contributed by atoms with van der Waals surface area (Å²) < 4.78 is 13.1. The number of nitrogens with one attached hydrogen (secondary N) is 2. The van der Waals surface area contributed by atoms with Crippen molar-refractivity contribution in [1.82, 2.24) is 9.97 Å². The molecular formula is C19H18FN3O2S2. The fraction of sp³-hybridized carbons (Fsp3) is 0.316. The first kappa shape index (κ1) is 18.2. The van der Waals surface area contributed by atoms with Gasteiger partial charge in [0.15, 0.2) is 0 Å². The Hall–Kier alpha value is -2.19. The second-order valence-corrected chi connectivity index (χ2v) is 8.62. The van der Waals surface area contributed by atoms with Crippen molar-refractivity contribution in [1.29, 1.82) is 0 Å². The topological polar surface area (TPSA) is 74.8 Å². The normalized spacial score (nSPS) is 13.1. The predicted molar refractivity (Wildman–Crippen MR) is 108 cm³/mol. The van der Waals surface area contributed by atoms with E-state index >= 15 is 0 Å². The number of fused-ring (bicyclic) bond motifs is 3. The van der Waals surface area contributed by atoms with E-state index in [4.69, 9.17) is 0 Å². The van der Waals surface area contributed by atoms with Gasteiger partial charge in [-0.2, -0.15) is 0 Å². The molecule has 140 valence electrons. The number of amides is 1. The van der Waals surface area contributed by atoms with Crippen LogP contribution >= 0.6 is 23.1 Å². The van der Waals surface area contributed by atoms with E-state index in [1.54, 1.807) is 24.3 Å². The first-order valence-corrected chi connectivity index (χ1v) is 10.7. The molecular weight excluding hydrogens is 385 g/mol. The molecule has 0 unspecified atom stereocenters. The van der Waals surface area contributed by atoms with Gasteiger partial charge in [0.05, 0.1) is 16.9 Å². The SMILES string of the molecule is Cc1cc(F)ccc1NC(=O)CSCc1nc2sc3c(c2c(=O)[nH]1)CCC3. The predicted octanol–water partition coefficient (Wildman–Crippen LogP) is 3.79. The molecule has 27 heavy (non-hydrogen) atoms. The number of halogens is 1. The van der Waals surface area contributed by atoms with E-state index in [1.165, 1.54) is 28.8 Å². The van der Waals surface area contributed by atoms with Gasteiger partial charge in [0.2, 0.25) is 5.91 Å². The molecule has 1 aliphatic carbocycles. The van der Waals surface area contributed by atoms with Gasteiger partial charge in [-0.3, -0.25) is 9.59 Å². The number of H-pyrrole nitrogens is 1. The zero-order chi connectivity index (χ0) is 19.0. The summed E-state index contributed by atoms with van der Waals surface area (Å²) in [6.07, 6.45) is 3.09. The van der Waals surface area contributed by atoms with Crippen LogP contribution in [0, 0.1) is 12.7 Å². The Bertz CT molecular complexity index is 1090. The third-order valence-corrected chi connectivity index (χ3v) is 6.69. The van der Waals surface area contributed by atoms with Gasteiger partial charge in [-0.15, -0.1) is 23.1 Å². The van der Waals surface area contributed by atoms with E-state index in [0.717, 1.165) is 35.0 Å². The third-order valence-electron chi connectivity index (χ3n) is 4.56. The summed E-state index contributed by atoms with van der Waals surface area (Å²) >= 11 is 2.99. The fourth-order valence-corrected chi connectivity index (χ4v) is 5.28. The number of anilines is 1. The van der Waals surface area contributed by atoms with Gasteiger partial charge in [-0.05, 0) is 55.5 Å². The molecule has 0 fully saturated rings. The average molecular weight is 404 g/mol. The minimum Gasteiger partial charge on any atom is -0.325 e. The first-order chi connectivity index (χ1) is 13.0. The number of rotatable bonds is 5. The van der Waals surface area contributed by atoms with Crippen LogP contribution in [0.15, 0.2) is 23.0 Å². The van der Waals surface area contributed by atoms with Crippen LogP contribution in [0.1, 0.15) is 28.2 Å². The smallest absolute Gasteiger partial charge is 0.259 e. The van der Waals surface area contributed by atoms with E-state index in [2.05, 4.69) is 15.3 Å². The van der Waals surface area contributed by atoms with Crippen LogP contribution in [0.5, 0.6) is 0 Å². The van der Waals surface area contributed by atoms with E-state index in [0.29, 0.717) is 22.8 Å². The second-order valence-electron chi connectivity index (χ2n) is 6.55. The number of aryl methyl sites for hydroxylation is 3. The molecule has 8 heteroatoms. The molecule has 2 N–H and O–H groups in total. The van der Waals surface area contributed by atoms with E-state index in [1.807, 2.05) is 0 Å². The standard InChI is InChI=1S/C19H18FN3O2S2/c1-10-7-11(20)5-6-13(10)21-16(24)9-26-8-15-22-18(25)17-12-3-2-4-14(12)27-19(17)23-15/h5-7H,2-4,8-9H2,1H3,(H,21,24)(H,22,23,25). The first-order valence-electron chi connectivity index (χ1n) is 8.68. The van der Waals surface area contributed by atoms with Crippen LogP contribution < -0.4 is 10.9 Å². The molecule has 5 nitrogen and oxygen atoms in total. The number of nitrogens with zero attached hydrogens (tertiary/aromatic N) is 1. The second kappa shape index (κ2) is 7.44. The number of aromatic nitrogens is 2. The van der Waals surface area contributed by atoms with E-state index < -0.39 is 0 Å². The average Bonchev–Trinajstić information content (AvgIpc) is 3.18. The molecule has 0 saturated heterocycles. The number of thioether (sulfide) groups is 1. The molecule has 0 spiro atoms. The van der Waals surface area contributed by atoms with Crippen LogP contribution in [0.4, 0.5) is 10.1 Å². The summed E-state index contributed by atoms with van der Waals surface area (Å²) in [6.45, 7) is 1.74. The van der Waals surface area contributed by atoms with Crippen molar-refractivity contribution in [2.75, 3.05) is 11.1 Å². The molecule has 2 aromatic heterocycles. The summed E-state index contributed by atoms with van der Waals surface area (Å²) in [4.78, 5) is 34.0. The van der Waals surface area contributed by atoms with Gasteiger partial charge >= 0.3 is 0 Å². The number of hydrogen-bond donors (Lipinski definition) is 2. The lowest BCUT2D eigenvalue weighted by molar-refractivity contribution is -0.113. The van der Waals surface area contributed by atoms with Crippen molar-refractivity contribution in [2.24, 2.45) is 0 Å². The van der Waals surface area contributed by atoms with Crippen molar-refractivity contribution in [3.05, 3.63) is 56.2 Å². The maximum absolute atomic E-state index is 13.1. The lowest BCUT2D eigenvalue weighted by Gasteiger charge is -2.08. The fourth-order valence-electron chi connectivity index (χ4n) is 3.31. The lowest BCUT2D eigenvalue weighted by Crippen LogP contribution is -2.16. The highest BCUT2D eigenvalue weighted by Crippen LogP contribution is 2.34. The molecule has 3 aromatic rings. The van der Waals surface area contributed by atoms with Gasteiger partial charge in [0.1, 0.15) is 16.5 Å². The Kier molecular flexibility index (Phi) is 5.01. The minimum atomic E-state index is -0.329. The number of benzene rings is 1. The maximum Gasteiger partial charge on any atom is 0.259 e. The van der Waals surface area contributed by atoms with Crippen LogP contribution in [0.2, 0.25) is 0 Å². The van der Waals surface area contributed by atoms with Gasteiger partial charge in [-0.25, -0.2) is 9.37 Å². The molecule has 2 heterocycles. The summed E-state index contributed by atoms with van der Waals surface area (Å²) in [5.41, 5.74) is 2.36. The van der Waals surface area contributed by atoms with E-state index in [-0.39, 0.29) is 23.0 Å². The van der Waals surface area contributed by atoms with Gasteiger partial charge in [-0.1, -0.05) is 0 Å². The van der Waals surface area contributed by atoms with Gasteiger partial charge in [0.25, 0.3) is 5.56 Å². The highest BCUT2D eigenvalue weighted by atomic mass is 32.2. The minimum absolute atomic E-state index is 0.0820. The number of carbonyl (C=O) groups excluding carboxylic acids is 1. The van der Waals surface area contributed by atoms with Gasteiger partial charge in [0, 0.05) is 10.6 Å². The quantitative estimate of drug-likeness (QED) is 0.680. The van der Waals surface area contributed by atoms with Crippen LogP contribution in [0.25, 0.3) is 10.2 Å².